The van der Waals surface area contributed by atoms with E-state index >= 15 is 0 Å². The Hall–Kier alpha value is -3.82. The van der Waals surface area contributed by atoms with Crippen LogP contribution in [0.1, 0.15) is 29.9 Å². The van der Waals surface area contributed by atoms with Gasteiger partial charge >= 0.3 is 0 Å². The number of aryl methyl sites for hydroxylation is 1. The summed E-state index contributed by atoms with van der Waals surface area (Å²) in [5.74, 6) is 0.646. The van der Waals surface area contributed by atoms with E-state index in [1.165, 1.54) is 53.7 Å². The summed E-state index contributed by atoms with van der Waals surface area (Å²) < 4.78 is 1.20. The molecule has 0 aliphatic heterocycles. The summed E-state index contributed by atoms with van der Waals surface area (Å²) in [5, 5.41) is 2.50. The fourth-order valence-corrected chi connectivity index (χ4v) is 7.23. The van der Waals surface area contributed by atoms with Crippen LogP contribution in [0.25, 0.3) is 54.5 Å². The maximum atomic E-state index is 4.87. The fourth-order valence-electron chi connectivity index (χ4n) is 5.95. The standard InChI is InChI=1S/C34H28N2S/c1-21(2)17-23-12-8-14-28-27(23)15-16-30-31(28)33-34(37-30)32(35-20-36-33)25-18-24-11-6-7-13-26(24)29(19-25)22-9-4-3-5-10-22/h3-14,18-21H,15-17H2,1-2H3. The van der Waals surface area contributed by atoms with Crippen molar-refractivity contribution in [2.24, 2.45) is 5.92 Å². The zero-order chi connectivity index (χ0) is 24.9. The molecule has 2 aromatic heterocycles. The maximum Gasteiger partial charge on any atom is 0.116 e. The summed E-state index contributed by atoms with van der Waals surface area (Å²) in [6, 6.07) is 30.8. The van der Waals surface area contributed by atoms with Gasteiger partial charge in [-0.3, -0.25) is 0 Å². The predicted octanol–water partition coefficient (Wildman–Crippen LogP) is 9.14. The molecule has 0 spiro atoms. The van der Waals surface area contributed by atoms with E-state index < -0.39 is 0 Å². The van der Waals surface area contributed by atoms with E-state index in [4.69, 9.17) is 9.97 Å². The van der Waals surface area contributed by atoms with Crippen LogP contribution < -0.4 is 0 Å². The monoisotopic (exact) mass is 496 g/mol. The van der Waals surface area contributed by atoms with Gasteiger partial charge in [-0.1, -0.05) is 86.6 Å². The van der Waals surface area contributed by atoms with E-state index in [1.807, 2.05) is 11.3 Å². The van der Waals surface area contributed by atoms with Crippen molar-refractivity contribution >= 4 is 32.3 Å². The number of benzene rings is 4. The number of hydrogen-bond acceptors (Lipinski definition) is 3. The van der Waals surface area contributed by atoms with Crippen molar-refractivity contribution < 1.29 is 0 Å². The van der Waals surface area contributed by atoms with Crippen LogP contribution in [0.3, 0.4) is 0 Å². The number of aromatic nitrogens is 2. The van der Waals surface area contributed by atoms with Crippen LogP contribution in [0.2, 0.25) is 0 Å². The summed E-state index contributed by atoms with van der Waals surface area (Å²) in [4.78, 5) is 11.2. The lowest BCUT2D eigenvalue weighted by atomic mass is 9.84. The molecule has 0 saturated carbocycles. The number of nitrogens with zero attached hydrogens (tertiary/aromatic N) is 2. The van der Waals surface area contributed by atoms with Crippen molar-refractivity contribution in [3.05, 3.63) is 107 Å². The third kappa shape index (κ3) is 3.77. The fraction of sp³-hybridized carbons (Fsp3) is 0.176. The van der Waals surface area contributed by atoms with Crippen LogP contribution in [0.5, 0.6) is 0 Å². The Balaban J connectivity index is 1.45. The smallest absolute Gasteiger partial charge is 0.116 e. The zero-order valence-electron chi connectivity index (χ0n) is 21.2. The summed E-state index contributed by atoms with van der Waals surface area (Å²) >= 11 is 1.89. The minimum absolute atomic E-state index is 0.646. The van der Waals surface area contributed by atoms with E-state index in [-0.39, 0.29) is 0 Å². The minimum atomic E-state index is 0.646. The number of rotatable bonds is 4. The third-order valence-electron chi connectivity index (χ3n) is 7.54. The van der Waals surface area contributed by atoms with Crippen LogP contribution in [0.4, 0.5) is 0 Å². The molecule has 37 heavy (non-hydrogen) atoms. The molecule has 4 aromatic carbocycles. The number of hydrogen-bond donors (Lipinski definition) is 0. The summed E-state index contributed by atoms with van der Waals surface area (Å²) in [6.07, 6.45) is 5.06. The van der Waals surface area contributed by atoms with Crippen molar-refractivity contribution in [2.45, 2.75) is 33.1 Å². The Morgan fingerprint density at radius 3 is 2.49 bits per heavy atom. The van der Waals surface area contributed by atoms with Gasteiger partial charge < -0.3 is 0 Å². The normalized spacial score (nSPS) is 12.7. The van der Waals surface area contributed by atoms with E-state index in [0.29, 0.717) is 5.92 Å². The SMILES string of the molecule is CC(C)Cc1cccc2c1CCc1sc3c(-c4cc(-c5ccccc5)c5ccccc5c4)ncnc3c1-2. The molecule has 2 nitrogen and oxygen atoms in total. The molecule has 180 valence electrons. The van der Waals surface area contributed by atoms with E-state index in [2.05, 4.69) is 98.8 Å². The van der Waals surface area contributed by atoms with Gasteiger partial charge in [0.2, 0.25) is 0 Å². The average Bonchev–Trinajstić information content (AvgIpc) is 3.32. The highest BCUT2D eigenvalue weighted by atomic mass is 32.1. The Morgan fingerprint density at radius 2 is 1.62 bits per heavy atom. The van der Waals surface area contributed by atoms with Crippen molar-refractivity contribution in [2.75, 3.05) is 0 Å². The van der Waals surface area contributed by atoms with E-state index in [0.717, 1.165) is 36.0 Å². The lowest BCUT2D eigenvalue weighted by Crippen LogP contribution is -2.07. The molecule has 2 heterocycles. The first-order valence-electron chi connectivity index (χ1n) is 13.1. The maximum absolute atomic E-state index is 4.87. The lowest BCUT2D eigenvalue weighted by molar-refractivity contribution is 0.642. The summed E-state index contributed by atoms with van der Waals surface area (Å²) in [5.41, 5.74) is 11.5. The van der Waals surface area contributed by atoms with Crippen LogP contribution >= 0.6 is 11.3 Å². The van der Waals surface area contributed by atoms with Crippen LogP contribution in [0, 0.1) is 5.92 Å². The Kier molecular flexibility index (Phi) is 5.40. The lowest BCUT2D eigenvalue weighted by Gasteiger charge is -2.21. The van der Waals surface area contributed by atoms with Crippen molar-refractivity contribution in [3.63, 3.8) is 0 Å². The van der Waals surface area contributed by atoms with Crippen LogP contribution in [0.15, 0.2) is 91.3 Å². The van der Waals surface area contributed by atoms with Gasteiger partial charge in [-0.25, -0.2) is 9.97 Å². The Morgan fingerprint density at radius 1 is 0.784 bits per heavy atom. The highest BCUT2D eigenvalue weighted by molar-refractivity contribution is 7.20. The molecule has 0 radical (unpaired) electrons. The van der Waals surface area contributed by atoms with Crippen LogP contribution in [-0.2, 0) is 19.3 Å². The molecule has 7 rings (SSSR count). The minimum Gasteiger partial charge on any atom is -0.235 e. The molecule has 3 heteroatoms. The first-order valence-corrected chi connectivity index (χ1v) is 13.9. The second kappa shape index (κ2) is 8.93. The highest BCUT2D eigenvalue weighted by Crippen LogP contribution is 2.47. The van der Waals surface area contributed by atoms with Crippen molar-refractivity contribution in [3.8, 4) is 33.5 Å². The van der Waals surface area contributed by atoms with Gasteiger partial charge in [0.15, 0.2) is 0 Å². The largest absolute Gasteiger partial charge is 0.235 e. The van der Waals surface area contributed by atoms with Gasteiger partial charge in [0.1, 0.15) is 6.33 Å². The summed E-state index contributed by atoms with van der Waals surface area (Å²) in [7, 11) is 0. The quantitative estimate of drug-likeness (QED) is 0.243. The molecule has 1 aliphatic carbocycles. The molecule has 0 atom stereocenters. The predicted molar refractivity (Wildman–Crippen MR) is 157 cm³/mol. The molecular weight excluding hydrogens is 468 g/mol. The van der Waals surface area contributed by atoms with Gasteiger partial charge in [-0.2, -0.15) is 0 Å². The van der Waals surface area contributed by atoms with Gasteiger partial charge in [-0.15, -0.1) is 11.3 Å². The van der Waals surface area contributed by atoms with Gasteiger partial charge in [0, 0.05) is 16.0 Å². The molecule has 0 fully saturated rings. The Labute approximate surface area is 221 Å². The first kappa shape index (κ1) is 22.4. The highest BCUT2D eigenvalue weighted by Gasteiger charge is 2.26. The molecular formula is C34H28N2S. The van der Waals surface area contributed by atoms with Gasteiger partial charge in [-0.05, 0) is 75.9 Å². The van der Waals surface area contributed by atoms with Gasteiger partial charge in [0.05, 0.1) is 15.9 Å². The third-order valence-corrected chi connectivity index (χ3v) is 8.78. The molecule has 6 aromatic rings. The average molecular weight is 497 g/mol. The molecule has 0 unspecified atom stereocenters. The molecule has 1 aliphatic rings. The van der Waals surface area contributed by atoms with Crippen molar-refractivity contribution in [1.29, 1.82) is 0 Å². The first-order chi connectivity index (χ1) is 18.2. The zero-order valence-corrected chi connectivity index (χ0v) is 22.0. The summed E-state index contributed by atoms with van der Waals surface area (Å²) in [6.45, 7) is 4.61. The molecule has 0 N–H and O–H groups in total. The van der Waals surface area contributed by atoms with E-state index in [9.17, 15) is 0 Å². The second-order valence-corrected chi connectivity index (χ2v) is 11.6. The van der Waals surface area contributed by atoms with Crippen LogP contribution in [-0.4, -0.2) is 9.97 Å². The number of thiophene rings is 1. The molecule has 0 bridgehead atoms. The van der Waals surface area contributed by atoms with Gasteiger partial charge in [0.25, 0.3) is 0 Å². The Bertz CT molecular complexity index is 1780. The number of fused-ring (bicyclic) bond motifs is 6. The molecule has 0 saturated heterocycles. The molecule has 0 amide bonds. The van der Waals surface area contributed by atoms with E-state index in [1.54, 1.807) is 6.33 Å². The second-order valence-electron chi connectivity index (χ2n) is 10.5. The topological polar surface area (TPSA) is 25.8 Å². The van der Waals surface area contributed by atoms with Crippen molar-refractivity contribution in [1.82, 2.24) is 9.97 Å².